The second-order valence-corrected chi connectivity index (χ2v) is 1.76. The molecule has 0 saturated heterocycles. The third-order valence-electron chi connectivity index (χ3n) is 1.02. The molecular weight excluding hydrogens is 118 g/mol. The van der Waals surface area contributed by atoms with E-state index < -0.39 is 0 Å². The van der Waals surface area contributed by atoms with Gasteiger partial charge in [-0.05, 0) is 13.0 Å². The topological polar surface area (TPSA) is 57.2 Å². The molecule has 0 aliphatic carbocycles. The van der Waals surface area contributed by atoms with Gasteiger partial charge in [0.25, 0.3) is 5.95 Å². The molecule has 0 fully saturated rings. The lowest BCUT2D eigenvalue weighted by Gasteiger charge is -1.80. The van der Waals surface area contributed by atoms with E-state index in [1.54, 1.807) is 13.0 Å². The van der Waals surface area contributed by atoms with Gasteiger partial charge in [0.15, 0.2) is 0 Å². The number of hydrogen-bond acceptors (Lipinski definition) is 3. The average molecular weight is 125 g/mol. The molecule has 1 heterocycles. The predicted octanol–water partition coefficient (Wildman–Crippen LogP) is 1.29. The molecule has 0 saturated carbocycles. The first-order valence-corrected chi connectivity index (χ1v) is 2.54. The molecular formula is C6H7NO2. The average Bonchev–Trinajstić information content (AvgIpc) is 2.10. The van der Waals surface area contributed by atoms with Crippen LogP contribution in [-0.4, -0.2) is 11.3 Å². The van der Waals surface area contributed by atoms with Crippen molar-refractivity contribution in [1.29, 1.82) is 5.41 Å². The summed E-state index contributed by atoms with van der Waals surface area (Å²) in [6.07, 6.45) is 1.05. The molecule has 0 bridgehead atoms. The number of hydrogen-bond donors (Lipinski definition) is 2. The Morgan fingerprint density at radius 2 is 2.44 bits per heavy atom. The van der Waals surface area contributed by atoms with Crippen molar-refractivity contribution in [3.63, 3.8) is 0 Å². The van der Waals surface area contributed by atoms with E-state index in [1.807, 2.05) is 0 Å². The second kappa shape index (κ2) is 1.93. The zero-order valence-electron chi connectivity index (χ0n) is 5.01. The quantitative estimate of drug-likeness (QED) is 0.555. The molecule has 2 N–H and O–H groups in total. The van der Waals surface area contributed by atoms with Crippen molar-refractivity contribution in [2.45, 2.75) is 6.92 Å². The van der Waals surface area contributed by atoms with Gasteiger partial charge in [0.05, 0.1) is 5.56 Å². The van der Waals surface area contributed by atoms with Crippen LogP contribution in [0.4, 0.5) is 0 Å². The SMILES string of the molecule is Cc1cc(C=N)c(O)o1. The molecule has 0 aliphatic rings. The van der Waals surface area contributed by atoms with Crippen LogP contribution in [0.25, 0.3) is 0 Å². The van der Waals surface area contributed by atoms with E-state index in [9.17, 15) is 0 Å². The summed E-state index contributed by atoms with van der Waals surface area (Å²) in [5.74, 6) is 0.438. The Kier molecular flexibility index (Phi) is 1.26. The van der Waals surface area contributed by atoms with Crippen LogP contribution in [0.15, 0.2) is 10.5 Å². The molecule has 0 spiro atoms. The van der Waals surface area contributed by atoms with Gasteiger partial charge in [0, 0.05) is 6.21 Å². The first kappa shape index (κ1) is 5.88. The molecule has 3 heteroatoms. The van der Waals surface area contributed by atoms with Crippen molar-refractivity contribution in [2.75, 3.05) is 0 Å². The van der Waals surface area contributed by atoms with E-state index in [2.05, 4.69) is 0 Å². The number of furan rings is 1. The Balaban J connectivity index is 3.15. The Morgan fingerprint density at radius 3 is 2.67 bits per heavy atom. The molecule has 48 valence electrons. The third-order valence-corrected chi connectivity index (χ3v) is 1.02. The monoisotopic (exact) mass is 125 g/mol. The van der Waals surface area contributed by atoms with Crippen molar-refractivity contribution in [1.82, 2.24) is 0 Å². The molecule has 1 rings (SSSR count). The molecule has 1 aromatic heterocycles. The lowest BCUT2D eigenvalue weighted by Crippen LogP contribution is -1.70. The highest BCUT2D eigenvalue weighted by molar-refractivity contribution is 5.79. The third kappa shape index (κ3) is 0.937. The van der Waals surface area contributed by atoms with E-state index in [4.69, 9.17) is 14.9 Å². The first-order valence-electron chi connectivity index (χ1n) is 2.54. The van der Waals surface area contributed by atoms with Gasteiger partial charge in [-0.2, -0.15) is 0 Å². The molecule has 0 unspecified atom stereocenters. The minimum absolute atomic E-state index is 0.178. The molecule has 3 nitrogen and oxygen atoms in total. The molecule has 0 atom stereocenters. The van der Waals surface area contributed by atoms with E-state index in [0.29, 0.717) is 11.3 Å². The maximum absolute atomic E-state index is 8.81. The van der Waals surface area contributed by atoms with Crippen LogP contribution in [-0.2, 0) is 0 Å². The van der Waals surface area contributed by atoms with Gasteiger partial charge < -0.3 is 14.9 Å². The van der Waals surface area contributed by atoms with Crippen molar-refractivity contribution < 1.29 is 9.52 Å². The largest absolute Gasteiger partial charge is 0.480 e. The number of rotatable bonds is 1. The second-order valence-electron chi connectivity index (χ2n) is 1.76. The zero-order chi connectivity index (χ0) is 6.85. The Morgan fingerprint density at radius 1 is 1.78 bits per heavy atom. The molecule has 0 aliphatic heterocycles. The summed E-state index contributed by atoms with van der Waals surface area (Å²) in [4.78, 5) is 0. The standard InChI is InChI=1S/C6H7NO2/c1-4-2-5(3-7)6(8)9-4/h2-3,7-8H,1H3. The molecule has 1 aromatic rings. The van der Waals surface area contributed by atoms with Gasteiger partial charge >= 0.3 is 0 Å². The van der Waals surface area contributed by atoms with Crippen LogP contribution >= 0.6 is 0 Å². The van der Waals surface area contributed by atoms with Gasteiger partial charge in [-0.15, -0.1) is 0 Å². The number of nitrogens with one attached hydrogen (secondary N) is 1. The van der Waals surface area contributed by atoms with Crippen LogP contribution in [0.1, 0.15) is 11.3 Å². The van der Waals surface area contributed by atoms with Gasteiger partial charge in [-0.25, -0.2) is 0 Å². The smallest absolute Gasteiger partial charge is 0.291 e. The fourth-order valence-electron chi connectivity index (χ4n) is 0.625. The summed E-state index contributed by atoms with van der Waals surface area (Å²) in [6.45, 7) is 1.72. The summed E-state index contributed by atoms with van der Waals surface area (Å²) >= 11 is 0. The minimum atomic E-state index is -0.178. The summed E-state index contributed by atoms with van der Waals surface area (Å²) in [6, 6.07) is 1.60. The van der Waals surface area contributed by atoms with E-state index in [-0.39, 0.29) is 5.95 Å². The van der Waals surface area contributed by atoms with Crippen LogP contribution in [0.5, 0.6) is 5.95 Å². The number of aromatic hydroxyl groups is 1. The van der Waals surface area contributed by atoms with Gasteiger partial charge in [-0.1, -0.05) is 0 Å². The van der Waals surface area contributed by atoms with Crippen LogP contribution in [0, 0.1) is 12.3 Å². The molecule has 0 amide bonds. The highest BCUT2D eigenvalue weighted by Crippen LogP contribution is 2.18. The molecule has 9 heavy (non-hydrogen) atoms. The summed E-state index contributed by atoms with van der Waals surface area (Å²) < 4.78 is 4.71. The van der Waals surface area contributed by atoms with Crippen molar-refractivity contribution >= 4 is 6.21 Å². The van der Waals surface area contributed by atoms with Crippen LogP contribution in [0.2, 0.25) is 0 Å². The minimum Gasteiger partial charge on any atom is -0.480 e. The van der Waals surface area contributed by atoms with Gasteiger partial charge in [-0.3, -0.25) is 0 Å². The van der Waals surface area contributed by atoms with E-state index in [0.717, 1.165) is 6.21 Å². The predicted molar refractivity (Wildman–Crippen MR) is 33.0 cm³/mol. The van der Waals surface area contributed by atoms with Crippen LogP contribution in [0.3, 0.4) is 0 Å². The lowest BCUT2D eigenvalue weighted by molar-refractivity contribution is 0.323. The zero-order valence-corrected chi connectivity index (χ0v) is 5.01. The van der Waals surface area contributed by atoms with E-state index in [1.165, 1.54) is 0 Å². The highest BCUT2D eigenvalue weighted by atomic mass is 16.5. The number of aryl methyl sites for hydroxylation is 1. The fourth-order valence-corrected chi connectivity index (χ4v) is 0.625. The molecule has 0 radical (unpaired) electrons. The van der Waals surface area contributed by atoms with E-state index >= 15 is 0 Å². The normalized spacial score (nSPS) is 9.44. The first-order chi connectivity index (χ1) is 4.24. The molecule has 0 aromatic carbocycles. The summed E-state index contributed by atoms with van der Waals surface area (Å²) in [7, 11) is 0. The Labute approximate surface area is 52.4 Å². The maximum atomic E-state index is 8.81. The lowest BCUT2D eigenvalue weighted by atomic mass is 10.3. The fraction of sp³-hybridized carbons (Fsp3) is 0.167. The van der Waals surface area contributed by atoms with Crippen molar-refractivity contribution in [3.05, 3.63) is 17.4 Å². The van der Waals surface area contributed by atoms with Gasteiger partial charge in [0.2, 0.25) is 0 Å². The highest BCUT2D eigenvalue weighted by Gasteiger charge is 2.02. The van der Waals surface area contributed by atoms with Crippen molar-refractivity contribution in [2.24, 2.45) is 0 Å². The summed E-state index contributed by atoms with van der Waals surface area (Å²) in [5.41, 5.74) is 0.424. The van der Waals surface area contributed by atoms with Gasteiger partial charge in [0.1, 0.15) is 5.76 Å². The van der Waals surface area contributed by atoms with Crippen LogP contribution < -0.4 is 0 Å². The Hall–Kier alpha value is -1.25. The summed E-state index contributed by atoms with van der Waals surface area (Å²) in [5, 5.41) is 15.6. The maximum Gasteiger partial charge on any atom is 0.291 e. The van der Waals surface area contributed by atoms with Crippen molar-refractivity contribution in [3.8, 4) is 5.95 Å². The Bertz CT molecular complexity index is 227.